The lowest BCUT2D eigenvalue weighted by atomic mass is 10.1. The lowest BCUT2D eigenvalue weighted by molar-refractivity contribution is 1.10. The van der Waals surface area contributed by atoms with E-state index in [2.05, 4.69) is 17.3 Å². The van der Waals surface area contributed by atoms with Gasteiger partial charge in [-0.05, 0) is 30.7 Å². The Balaban J connectivity index is 2.74. The van der Waals surface area contributed by atoms with Crippen molar-refractivity contribution < 1.29 is 0 Å². The van der Waals surface area contributed by atoms with Crippen LogP contribution in [0.4, 0.5) is 5.69 Å². The molecule has 1 rings (SSSR count). The molecule has 1 N–H and O–H groups in total. The Kier molecular flexibility index (Phi) is 3.58. The zero-order valence-corrected chi connectivity index (χ0v) is 8.17. The van der Waals surface area contributed by atoms with Crippen molar-refractivity contribution in [3.8, 4) is 18.4 Å². The highest BCUT2D eigenvalue weighted by Crippen LogP contribution is 2.13. The van der Waals surface area contributed by atoms with E-state index in [1.54, 1.807) is 0 Å². The number of anilines is 1. The maximum absolute atomic E-state index is 8.75. The minimum absolute atomic E-state index is 0.674. The molecule has 0 aliphatic rings. The van der Waals surface area contributed by atoms with Crippen molar-refractivity contribution in [1.82, 2.24) is 0 Å². The van der Waals surface area contributed by atoms with Gasteiger partial charge in [-0.3, -0.25) is 0 Å². The summed E-state index contributed by atoms with van der Waals surface area (Å²) in [7, 11) is 0. The number of benzene rings is 1. The van der Waals surface area contributed by atoms with Crippen molar-refractivity contribution in [1.29, 1.82) is 5.26 Å². The van der Waals surface area contributed by atoms with Crippen molar-refractivity contribution >= 4 is 5.69 Å². The molecular weight excluding hydrogens is 172 g/mol. The van der Waals surface area contributed by atoms with E-state index in [1.165, 1.54) is 0 Å². The Labute approximate surface area is 84.6 Å². The van der Waals surface area contributed by atoms with Gasteiger partial charge in [0.1, 0.15) is 0 Å². The Morgan fingerprint density at radius 2 is 2.21 bits per heavy atom. The van der Waals surface area contributed by atoms with Gasteiger partial charge in [0.05, 0.1) is 11.6 Å². The molecular formula is C12H12N2. The second-order valence-electron chi connectivity index (χ2n) is 3.08. The fourth-order valence-corrected chi connectivity index (χ4v) is 1.23. The van der Waals surface area contributed by atoms with E-state index in [-0.39, 0.29) is 0 Å². The summed E-state index contributed by atoms with van der Waals surface area (Å²) in [5.41, 5.74) is 2.71. The zero-order chi connectivity index (χ0) is 10.4. The zero-order valence-electron chi connectivity index (χ0n) is 8.17. The lowest BCUT2D eigenvalue weighted by Gasteiger charge is -2.05. The molecule has 0 heterocycles. The number of nitrogens with zero attached hydrogens (tertiary/aromatic N) is 1. The fourth-order valence-electron chi connectivity index (χ4n) is 1.23. The standard InChI is InChI=1S/C12H12N2/c1-3-4-5-14-12-7-10(2)6-11(8-12)9-13/h1,6-8,14H,4-5H2,2H3. The number of nitrogens with one attached hydrogen (secondary N) is 1. The molecule has 1 aromatic rings. The summed E-state index contributed by atoms with van der Waals surface area (Å²) in [6.07, 6.45) is 5.83. The summed E-state index contributed by atoms with van der Waals surface area (Å²) >= 11 is 0. The molecule has 0 saturated carbocycles. The van der Waals surface area contributed by atoms with Crippen LogP contribution in [0.2, 0.25) is 0 Å². The normalized spacial score (nSPS) is 8.79. The maximum Gasteiger partial charge on any atom is 0.0992 e. The number of nitriles is 1. The van der Waals surface area contributed by atoms with E-state index in [4.69, 9.17) is 11.7 Å². The number of aryl methyl sites for hydroxylation is 1. The van der Waals surface area contributed by atoms with Gasteiger partial charge in [0.15, 0.2) is 0 Å². The monoisotopic (exact) mass is 184 g/mol. The highest BCUT2D eigenvalue weighted by atomic mass is 14.9. The Morgan fingerprint density at radius 1 is 1.43 bits per heavy atom. The van der Waals surface area contributed by atoms with Crippen LogP contribution in [0.5, 0.6) is 0 Å². The molecule has 0 aromatic heterocycles. The average Bonchev–Trinajstić information content (AvgIpc) is 2.17. The molecule has 1 aromatic carbocycles. The predicted octanol–water partition coefficient (Wildman–Crippen LogP) is 2.30. The van der Waals surface area contributed by atoms with Crippen LogP contribution in [-0.2, 0) is 0 Å². The topological polar surface area (TPSA) is 35.8 Å². The second-order valence-corrected chi connectivity index (χ2v) is 3.08. The van der Waals surface area contributed by atoms with E-state index in [0.29, 0.717) is 12.0 Å². The van der Waals surface area contributed by atoms with Crippen LogP contribution < -0.4 is 5.32 Å². The third kappa shape index (κ3) is 2.84. The highest BCUT2D eigenvalue weighted by molar-refractivity contribution is 5.51. The van der Waals surface area contributed by atoms with Crippen LogP contribution in [0.25, 0.3) is 0 Å². The van der Waals surface area contributed by atoms with Gasteiger partial charge in [0.2, 0.25) is 0 Å². The molecule has 0 bridgehead atoms. The van der Waals surface area contributed by atoms with Gasteiger partial charge in [-0.25, -0.2) is 0 Å². The third-order valence-corrected chi connectivity index (χ3v) is 1.80. The van der Waals surface area contributed by atoms with Crippen molar-refractivity contribution in [2.45, 2.75) is 13.3 Å². The number of hydrogen-bond donors (Lipinski definition) is 1. The first-order valence-electron chi connectivity index (χ1n) is 4.45. The minimum atomic E-state index is 0.674. The molecule has 0 unspecified atom stereocenters. The molecule has 0 aliphatic heterocycles. The largest absolute Gasteiger partial charge is 0.384 e. The molecule has 0 radical (unpaired) electrons. The number of rotatable bonds is 3. The van der Waals surface area contributed by atoms with Gasteiger partial charge in [-0.15, -0.1) is 12.3 Å². The molecule has 0 amide bonds. The molecule has 70 valence electrons. The Bertz CT molecular complexity index is 394. The van der Waals surface area contributed by atoms with E-state index in [9.17, 15) is 0 Å². The van der Waals surface area contributed by atoms with Crippen molar-refractivity contribution in [2.24, 2.45) is 0 Å². The molecule has 2 nitrogen and oxygen atoms in total. The first kappa shape index (κ1) is 10.2. The fraction of sp³-hybridized carbons (Fsp3) is 0.250. The van der Waals surface area contributed by atoms with Crippen LogP contribution in [-0.4, -0.2) is 6.54 Å². The van der Waals surface area contributed by atoms with Crippen LogP contribution in [0, 0.1) is 30.6 Å². The second kappa shape index (κ2) is 4.94. The molecule has 2 heteroatoms. The van der Waals surface area contributed by atoms with Gasteiger partial charge in [-0.2, -0.15) is 5.26 Å². The van der Waals surface area contributed by atoms with E-state index >= 15 is 0 Å². The quantitative estimate of drug-likeness (QED) is 0.578. The van der Waals surface area contributed by atoms with Crippen LogP contribution >= 0.6 is 0 Å². The molecule has 0 saturated heterocycles. The van der Waals surface area contributed by atoms with E-state index < -0.39 is 0 Å². The highest BCUT2D eigenvalue weighted by Gasteiger charge is 1.96. The summed E-state index contributed by atoms with van der Waals surface area (Å²) in [5.74, 6) is 2.55. The molecule has 0 spiro atoms. The number of hydrogen-bond acceptors (Lipinski definition) is 2. The van der Waals surface area contributed by atoms with Gasteiger partial charge in [-0.1, -0.05) is 0 Å². The van der Waals surface area contributed by atoms with Gasteiger partial charge in [0.25, 0.3) is 0 Å². The van der Waals surface area contributed by atoms with Crippen molar-refractivity contribution in [3.63, 3.8) is 0 Å². The molecule has 0 aliphatic carbocycles. The van der Waals surface area contributed by atoms with Gasteiger partial charge in [0, 0.05) is 18.7 Å². The minimum Gasteiger partial charge on any atom is -0.384 e. The summed E-state index contributed by atoms with van der Waals surface area (Å²) in [6.45, 7) is 2.71. The van der Waals surface area contributed by atoms with E-state index in [1.807, 2.05) is 25.1 Å². The predicted molar refractivity (Wildman–Crippen MR) is 57.8 cm³/mol. The first-order valence-corrected chi connectivity index (χ1v) is 4.45. The Hall–Kier alpha value is -1.93. The van der Waals surface area contributed by atoms with Gasteiger partial charge < -0.3 is 5.32 Å². The van der Waals surface area contributed by atoms with Crippen LogP contribution in [0.1, 0.15) is 17.5 Å². The maximum atomic E-state index is 8.75. The summed E-state index contributed by atoms with van der Waals surface area (Å²) < 4.78 is 0. The smallest absolute Gasteiger partial charge is 0.0992 e. The summed E-state index contributed by atoms with van der Waals surface area (Å²) in [6, 6.07) is 7.79. The number of terminal acetylenes is 1. The van der Waals surface area contributed by atoms with Crippen LogP contribution in [0.15, 0.2) is 18.2 Å². The van der Waals surface area contributed by atoms with Crippen molar-refractivity contribution in [3.05, 3.63) is 29.3 Å². The molecule has 0 atom stereocenters. The Morgan fingerprint density at radius 3 is 2.86 bits per heavy atom. The third-order valence-electron chi connectivity index (χ3n) is 1.80. The van der Waals surface area contributed by atoms with Crippen molar-refractivity contribution in [2.75, 3.05) is 11.9 Å². The lowest BCUT2D eigenvalue weighted by Crippen LogP contribution is -2.00. The summed E-state index contributed by atoms with van der Waals surface area (Å²) in [5, 5.41) is 11.9. The summed E-state index contributed by atoms with van der Waals surface area (Å²) in [4.78, 5) is 0. The SMILES string of the molecule is C#CCCNc1cc(C)cc(C#N)c1. The van der Waals surface area contributed by atoms with E-state index in [0.717, 1.165) is 17.8 Å². The van der Waals surface area contributed by atoms with Crippen LogP contribution in [0.3, 0.4) is 0 Å². The molecule has 0 fully saturated rings. The first-order chi connectivity index (χ1) is 6.76. The molecule has 14 heavy (non-hydrogen) atoms. The average molecular weight is 184 g/mol. The van der Waals surface area contributed by atoms with Gasteiger partial charge >= 0.3 is 0 Å².